The standard InChI is InChI=1S/C13H19N3OS/c1-9-3-6-15-12(10(9)11(14)18)16-13(2)4-7-17-8-5-13/h3,6H,4-5,7-8H2,1-2H3,(H2,14,18)(H,15,16). The Balaban J connectivity index is 2.28. The van der Waals surface area contributed by atoms with Gasteiger partial charge in [0.2, 0.25) is 0 Å². The molecule has 1 aromatic rings. The molecule has 1 aromatic heterocycles. The van der Waals surface area contributed by atoms with E-state index in [-0.39, 0.29) is 5.54 Å². The van der Waals surface area contributed by atoms with Crippen LogP contribution in [0.5, 0.6) is 0 Å². The fourth-order valence-corrected chi connectivity index (χ4v) is 2.45. The van der Waals surface area contributed by atoms with E-state index in [0.717, 1.165) is 43.0 Å². The number of thiocarbonyl (C=S) groups is 1. The number of rotatable bonds is 3. The Morgan fingerprint density at radius 3 is 2.78 bits per heavy atom. The Labute approximate surface area is 113 Å². The molecule has 0 bridgehead atoms. The highest BCUT2D eigenvalue weighted by Crippen LogP contribution is 2.27. The Hall–Kier alpha value is -1.20. The second-order valence-electron chi connectivity index (χ2n) is 5.01. The summed E-state index contributed by atoms with van der Waals surface area (Å²) in [5.74, 6) is 0.784. The lowest BCUT2D eigenvalue weighted by molar-refractivity contribution is 0.0657. The van der Waals surface area contributed by atoms with Crippen LogP contribution in [0.2, 0.25) is 0 Å². The maximum absolute atomic E-state index is 5.79. The van der Waals surface area contributed by atoms with Gasteiger partial charge in [-0.05, 0) is 38.3 Å². The molecule has 0 aromatic carbocycles. The van der Waals surface area contributed by atoms with E-state index in [9.17, 15) is 0 Å². The Morgan fingerprint density at radius 1 is 1.50 bits per heavy atom. The zero-order valence-electron chi connectivity index (χ0n) is 10.8. The van der Waals surface area contributed by atoms with E-state index in [1.807, 2.05) is 13.0 Å². The third kappa shape index (κ3) is 2.79. The van der Waals surface area contributed by atoms with Crippen LogP contribution in [0.25, 0.3) is 0 Å². The topological polar surface area (TPSA) is 60.2 Å². The molecule has 3 N–H and O–H groups in total. The molecule has 0 amide bonds. The summed E-state index contributed by atoms with van der Waals surface area (Å²) in [5, 5.41) is 3.49. The molecule has 0 atom stereocenters. The van der Waals surface area contributed by atoms with Gasteiger partial charge >= 0.3 is 0 Å². The van der Waals surface area contributed by atoms with Gasteiger partial charge in [0.1, 0.15) is 10.8 Å². The maximum Gasteiger partial charge on any atom is 0.136 e. The van der Waals surface area contributed by atoms with Gasteiger partial charge in [-0.3, -0.25) is 0 Å². The number of pyridine rings is 1. The van der Waals surface area contributed by atoms with Crippen molar-refractivity contribution in [2.75, 3.05) is 18.5 Å². The van der Waals surface area contributed by atoms with Crippen LogP contribution in [-0.2, 0) is 4.74 Å². The molecule has 2 rings (SSSR count). The number of aromatic nitrogens is 1. The first-order valence-electron chi connectivity index (χ1n) is 6.13. The summed E-state index contributed by atoms with van der Waals surface area (Å²) >= 11 is 5.11. The van der Waals surface area contributed by atoms with Crippen molar-refractivity contribution in [2.24, 2.45) is 5.73 Å². The first-order chi connectivity index (χ1) is 8.52. The van der Waals surface area contributed by atoms with Gasteiger partial charge in [0.25, 0.3) is 0 Å². The van der Waals surface area contributed by atoms with Crippen LogP contribution in [0.1, 0.15) is 30.9 Å². The van der Waals surface area contributed by atoms with E-state index >= 15 is 0 Å². The van der Waals surface area contributed by atoms with Gasteiger partial charge in [-0.15, -0.1) is 0 Å². The van der Waals surface area contributed by atoms with Crippen LogP contribution in [0.15, 0.2) is 12.3 Å². The zero-order valence-corrected chi connectivity index (χ0v) is 11.6. The summed E-state index contributed by atoms with van der Waals surface area (Å²) in [6.07, 6.45) is 3.70. The molecule has 0 saturated carbocycles. The van der Waals surface area contributed by atoms with Crippen LogP contribution in [-0.4, -0.2) is 28.7 Å². The van der Waals surface area contributed by atoms with Crippen molar-refractivity contribution >= 4 is 23.0 Å². The number of anilines is 1. The van der Waals surface area contributed by atoms with Crippen LogP contribution < -0.4 is 11.1 Å². The van der Waals surface area contributed by atoms with Crippen LogP contribution >= 0.6 is 12.2 Å². The maximum atomic E-state index is 5.79. The number of aryl methyl sites for hydroxylation is 1. The number of hydrogen-bond acceptors (Lipinski definition) is 4. The summed E-state index contributed by atoms with van der Waals surface area (Å²) in [7, 11) is 0. The van der Waals surface area contributed by atoms with Crippen LogP contribution in [0, 0.1) is 6.92 Å². The minimum absolute atomic E-state index is 0.00141. The van der Waals surface area contributed by atoms with Crippen LogP contribution in [0.3, 0.4) is 0 Å². The zero-order chi connectivity index (χ0) is 13.2. The number of hydrogen-bond donors (Lipinski definition) is 2. The molecule has 4 nitrogen and oxygen atoms in total. The Morgan fingerprint density at radius 2 is 2.17 bits per heavy atom. The fraction of sp³-hybridized carbons (Fsp3) is 0.538. The first-order valence-corrected chi connectivity index (χ1v) is 6.54. The molecule has 1 aliphatic rings. The highest BCUT2D eigenvalue weighted by atomic mass is 32.1. The van der Waals surface area contributed by atoms with Crippen LogP contribution in [0.4, 0.5) is 5.82 Å². The predicted molar refractivity (Wildman–Crippen MR) is 76.9 cm³/mol. The molecular weight excluding hydrogens is 246 g/mol. The van der Waals surface area contributed by atoms with Crippen molar-refractivity contribution in [3.8, 4) is 0 Å². The summed E-state index contributed by atoms with van der Waals surface area (Å²) in [6.45, 7) is 5.73. The SMILES string of the molecule is Cc1ccnc(NC2(C)CCOCC2)c1C(N)=S. The van der Waals surface area contributed by atoms with E-state index in [2.05, 4.69) is 17.2 Å². The number of nitrogens with one attached hydrogen (secondary N) is 1. The number of nitrogens with zero attached hydrogens (tertiary/aromatic N) is 1. The minimum Gasteiger partial charge on any atom is -0.389 e. The summed E-state index contributed by atoms with van der Waals surface area (Å²) in [5.41, 5.74) is 7.69. The lowest BCUT2D eigenvalue weighted by Crippen LogP contribution is -2.41. The predicted octanol–water partition coefficient (Wildman–Crippen LogP) is 2.01. The molecule has 1 aliphatic heterocycles. The molecule has 18 heavy (non-hydrogen) atoms. The summed E-state index contributed by atoms with van der Waals surface area (Å²) in [6, 6.07) is 1.92. The van der Waals surface area contributed by atoms with Gasteiger partial charge in [0.05, 0.1) is 5.56 Å². The van der Waals surface area contributed by atoms with Crippen molar-refractivity contribution in [1.29, 1.82) is 0 Å². The monoisotopic (exact) mass is 265 g/mol. The highest BCUT2D eigenvalue weighted by molar-refractivity contribution is 7.80. The van der Waals surface area contributed by atoms with Gasteiger partial charge in [0.15, 0.2) is 0 Å². The minimum atomic E-state index is -0.00141. The molecule has 5 heteroatoms. The molecule has 0 unspecified atom stereocenters. The van der Waals surface area contributed by atoms with Crippen molar-refractivity contribution in [2.45, 2.75) is 32.2 Å². The molecule has 1 fully saturated rings. The molecular formula is C13H19N3OS. The van der Waals surface area contributed by atoms with E-state index in [0.29, 0.717) is 4.99 Å². The summed E-state index contributed by atoms with van der Waals surface area (Å²) in [4.78, 5) is 4.77. The average Bonchev–Trinajstić information content (AvgIpc) is 2.28. The van der Waals surface area contributed by atoms with E-state index in [4.69, 9.17) is 22.7 Å². The molecule has 0 aliphatic carbocycles. The highest BCUT2D eigenvalue weighted by Gasteiger charge is 2.28. The van der Waals surface area contributed by atoms with Gasteiger partial charge in [-0.2, -0.15) is 0 Å². The van der Waals surface area contributed by atoms with Gasteiger partial charge in [-0.25, -0.2) is 4.98 Å². The molecule has 0 spiro atoms. The lowest BCUT2D eigenvalue weighted by Gasteiger charge is -2.35. The number of nitrogens with two attached hydrogens (primary N) is 1. The Kier molecular flexibility index (Phi) is 3.82. The van der Waals surface area contributed by atoms with E-state index in [1.165, 1.54) is 0 Å². The second kappa shape index (κ2) is 5.20. The normalized spacial score (nSPS) is 18.3. The average molecular weight is 265 g/mol. The molecule has 1 saturated heterocycles. The van der Waals surface area contributed by atoms with E-state index in [1.54, 1.807) is 6.20 Å². The fourth-order valence-electron chi connectivity index (χ4n) is 2.20. The first kappa shape index (κ1) is 13.2. The van der Waals surface area contributed by atoms with Crippen molar-refractivity contribution in [3.05, 3.63) is 23.4 Å². The van der Waals surface area contributed by atoms with Gasteiger partial charge in [-0.1, -0.05) is 12.2 Å². The lowest BCUT2D eigenvalue weighted by atomic mass is 9.92. The molecule has 0 radical (unpaired) electrons. The third-order valence-electron chi connectivity index (χ3n) is 3.42. The largest absolute Gasteiger partial charge is 0.389 e. The second-order valence-corrected chi connectivity index (χ2v) is 5.45. The van der Waals surface area contributed by atoms with Gasteiger partial charge in [0, 0.05) is 24.9 Å². The molecule has 2 heterocycles. The van der Waals surface area contributed by atoms with Crippen molar-refractivity contribution in [3.63, 3.8) is 0 Å². The molecule has 98 valence electrons. The van der Waals surface area contributed by atoms with Gasteiger partial charge < -0.3 is 15.8 Å². The summed E-state index contributed by atoms with van der Waals surface area (Å²) < 4.78 is 5.39. The Bertz CT molecular complexity index is 456. The van der Waals surface area contributed by atoms with Crippen molar-refractivity contribution < 1.29 is 4.74 Å². The quantitative estimate of drug-likeness (QED) is 0.819. The van der Waals surface area contributed by atoms with Crippen molar-refractivity contribution in [1.82, 2.24) is 4.98 Å². The third-order valence-corrected chi connectivity index (χ3v) is 3.63. The van der Waals surface area contributed by atoms with E-state index < -0.39 is 0 Å². The number of ether oxygens (including phenoxy) is 1. The smallest absolute Gasteiger partial charge is 0.136 e.